The Hall–Kier alpha value is -1.13. The largest absolute Gasteiger partial charge is 0.378 e. The number of piperazine rings is 1. The fourth-order valence-corrected chi connectivity index (χ4v) is 2.44. The quantitative estimate of drug-likeness (QED) is 0.759. The second-order valence-corrected chi connectivity index (χ2v) is 4.91. The van der Waals surface area contributed by atoms with Crippen LogP contribution in [-0.2, 0) is 4.74 Å². The number of aryl methyl sites for hydroxylation is 1. The monoisotopic (exact) mass is 233 g/mol. The van der Waals surface area contributed by atoms with E-state index in [1.54, 1.807) is 0 Å². The zero-order valence-electron chi connectivity index (χ0n) is 10.3. The van der Waals surface area contributed by atoms with Crippen LogP contribution in [0.2, 0.25) is 0 Å². The minimum absolute atomic E-state index is 0.669. The number of ether oxygens (including phenoxy) is 1. The van der Waals surface area contributed by atoms with Crippen molar-refractivity contribution in [3.63, 3.8) is 0 Å². The molecule has 1 aromatic rings. The number of aromatic nitrogens is 1. The van der Waals surface area contributed by atoms with Crippen LogP contribution in [0, 0.1) is 6.92 Å². The highest BCUT2D eigenvalue weighted by Gasteiger charge is 2.28. The van der Waals surface area contributed by atoms with Gasteiger partial charge < -0.3 is 9.64 Å². The summed E-state index contributed by atoms with van der Waals surface area (Å²) in [6.45, 7) is 8.37. The minimum Gasteiger partial charge on any atom is -0.378 e. The Bertz CT molecular complexity index is 384. The minimum atomic E-state index is 0.669. The molecule has 0 aliphatic carbocycles. The van der Waals surface area contributed by atoms with Gasteiger partial charge in [0.25, 0.3) is 0 Å². The number of nitrogens with zero attached hydrogens (tertiary/aromatic N) is 3. The predicted octanol–water partition coefficient (Wildman–Crippen LogP) is 0.911. The maximum Gasteiger partial charge on any atom is 0.128 e. The van der Waals surface area contributed by atoms with E-state index in [4.69, 9.17) is 4.74 Å². The van der Waals surface area contributed by atoms with Gasteiger partial charge in [0.2, 0.25) is 0 Å². The molecule has 2 saturated heterocycles. The first-order valence-electron chi connectivity index (χ1n) is 6.32. The summed E-state index contributed by atoms with van der Waals surface area (Å²) >= 11 is 0. The maximum absolute atomic E-state index is 5.25. The van der Waals surface area contributed by atoms with Crippen molar-refractivity contribution in [1.82, 2.24) is 9.88 Å². The van der Waals surface area contributed by atoms with Crippen molar-refractivity contribution >= 4 is 5.82 Å². The number of pyridine rings is 1. The van der Waals surface area contributed by atoms with Gasteiger partial charge in [-0.2, -0.15) is 0 Å². The normalized spacial score (nSPS) is 22.5. The molecule has 92 valence electrons. The molecule has 0 amide bonds. The lowest BCUT2D eigenvalue weighted by atomic mass is 10.2. The molecule has 3 heterocycles. The van der Waals surface area contributed by atoms with Gasteiger partial charge in [-0.15, -0.1) is 0 Å². The van der Waals surface area contributed by atoms with E-state index < -0.39 is 0 Å². The average molecular weight is 233 g/mol. The number of anilines is 1. The van der Waals surface area contributed by atoms with Crippen LogP contribution in [0.1, 0.15) is 5.56 Å². The Morgan fingerprint density at radius 3 is 2.59 bits per heavy atom. The van der Waals surface area contributed by atoms with Crippen LogP contribution in [0.4, 0.5) is 5.82 Å². The van der Waals surface area contributed by atoms with Crippen LogP contribution >= 0.6 is 0 Å². The van der Waals surface area contributed by atoms with Gasteiger partial charge in [0.15, 0.2) is 0 Å². The molecule has 0 bridgehead atoms. The second kappa shape index (κ2) is 4.63. The maximum atomic E-state index is 5.25. The first-order chi connectivity index (χ1) is 8.33. The van der Waals surface area contributed by atoms with Crippen molar-refractivity contribution in [2.24, 2.45) is 0 Å². The molecule has 0 radical (unpaired) electrons. The molecule has 2 fully saturated rings. The Balaban J connectivity index is 1.60. The van der Waals surface area contributed by atoms with Crippen LogP contribution in [0.25, 0.3) is 0 Å². The summed E-state index contributed by atoms with van der Waals surface area (Å²) < 4.78 is 5.25. The smallest absolute Gasteiger partial charge is 0.128 e. The summed E-state index contributed by atoms with van der Waals surface area (Å²) in [5.41, 5.74) is 1.28. The molecule has 0 atom stereocenters. The van der Waals surface area contributed by atoms with Crippen molar-refractivity contribution in [3.05, 3.63) is 23.9 Å². The summed E-state index contributed by atoms with van der Waals surface area (Å²) in [6.07, 6.45) is 1.90. The Morgan fingerprint density at radius 1 is 1.24 bits per heavy atom. The van der Waals surface area contributed by atoms with Crippen molar-refractivity contribution in [1.29, 1.82) is 0 Å². The van der Waals surface area contributed by atoms with E-state index in [9.17, 15) is 0 Å². The Morgan fingerprint density at radius 2 is 2.00 bits per heavy atom. The van der Waals surface area contributed by atoms with E-state index in [0.29, 0.717) is 6.04 Å². The van der Waals surface area contributed by atoms with Crippen molar-refractivity contribution in [3.8, 4) is 0 Å². The summed E-state index contributed by atoms with van der Waals surface area (Å²) in [6, 6.07) is 4.88. The molecule has 0 N–H and O–H groups in total. The standard InChI is InChI=1S/C13H19N3O/c1-11-2-3-14-13(8-11)16-6-4-15(5-7-16)12-9-17-10-12/h2-3,8,12H,4-7,9-10H2,1H3. The van der Waals surface area contributed by atoms with Crippen LogP contribution in [0.15, 0.2) is 18.3 Å². The fraction of sp³-hybridized carbons (Fsp3) is 0.615. The third-order valence-corrected chi connectivity index (χ3v) is 3.68. The van der Waals surface area contributed by atoms with Gasteiger partial charge in [-0.05, 0) is 24.6 Å². The summed E-state index contributed by atoms with van der Waals surface area (Å²) in [5, 5.41) is 0. The highest BCUT2D eigenvalue weighted by atomic mass is 16.5. The highest BCUT2D eigenvalue weighted by molar-refractivity contribution is 5.41. The molecule has 0 unspecified atom stereocenters. The van der Waals surface area contributed by atoms with Gasteiger partial charge in [0.1, 0.15) is 5.82 Å². The molecule has 2 aliphatic heterocycles. The van der Waals surface area contributed by atoms with E-state index in [1.807, 2.05) is 12.3 Å². The topological polar surface area (TPSA) is 28.6 Å². The lowest BCUT2D eigenvalue weighted by Gasteiger charge is -2.42. The Kier molecular flexibility index (Phi) is 2.99. The SMILES string of the molecule is Cc1ccnc(N2CCN(C3COC3)CC2)c1. The molecular formula is C13H19N3O. The number of hydrogen-bond donors (Lipinski definition) is 0. The number of hydrogen-bond acceptors (Lipinski definition) is 4. The summed E-state index contributed by atoms with van der Waals surface area (Å²) in [4.78, 5) is 9.37. The van der Waals surface area contributed by atoms with Crippen molar-refractivity contribution in [2.75, 3.05) is 44.3 Å². The molecule has 4 heteroatoms. The van der Waals surface area contributed by atoms with E-state index >= 15 is 0 Å². The van der Waals surface area contributed by atoms with Gasteiger partial charge >= 0.3 is 0 Å². The number of rotatable bonds is 2. The van der Waals surface area contributed by atoms with Crippen LogP contribution < -0.4 is 4.90 Å². The molecule has 2 aliphatic rings. The molecule has 1 aromatic heterocycles. The highest BCUT2D eigenvalue weighted by Crippen LogP contribution is 2.18. The van der Waals surface area contributed by atoms with E-state index in [1.165, 1.54) is 5.56 Å². The molecule has 17 heavy (non-hydrogen) atoms. The van der Waals surface area contributed by atoms with Gasteiger partial charge in [0.05, 0.1) is 19.3 Å². The zero-order valence-corrected chi connectivity index (χ0v) is 10.3. The first kappa shape index (κ1) is 11.0. The zero-order chi connectivity index (χ0) is 11.7. The molecule has 0 spiro atoms. The lowest BCUT2D eigenvalue weighted by molar-refractivity contribution is -0.0661. The molecule has 0 aromatic carbocycles. The van der Waals surface area contributed by atoms with Crippen molar-refractivity contribution in [2.45, 2.75) is 13.0 Å². The van der Waals surface area contributed by atoms with Crippen LogP contribution in [-0.4, -0.2) is 55.3 Å². The van der Waals surface area contributed by atoms with E-state index in [2.05, 4.69) is 27.8 Å². The third-order valence-electron chi connectivity index (χ3n) is 3.68. The fourth-order valence-electron chi connectivity index (χ4n) is 2.44. The van der Waals surface area contributed by atoms with E-state index in [-0.39, 0.29) is 0 Å². The van der Waals surface area contributed by atoms with Crippen molar-refractivity contribution < 1.29 is 4.74 Å². The van der Waals surface area contributed by atoms with Gasteiger partial charge in [-0.1, -0.05) is 0 Å². The molecule has 4 nitrogen and oxygen atoms in total. The molecular weight excluding hydrogens is 214 g/mol. The Labute approximate surface area is 102 Å². The van der Waals surface area contributed by atoms with Gasteiger partial charge in [-0.3, -0.25) is 4.90 Å². The van der Waals surface area contributed by atoms with Crippen LogP contribution in [0.3, 0.4) is 0 Å². The first-order valence-corrected chi connectivity index (χ1v) is 6.32. The summed E-state index contributed by atoms with van der Waals surface area (Å²) in [5.74, 6) is 1.12. The third kappa shape index (κ3) is 2.28. The summed E-state index contributed by atoms with van der Waals surface area (Å²) in [7, 11) is 0. The second-order valence-electron chi connectivity index (χ2n) is 4.91. The lowest BCUT2D eigenvalue weighted by Crippen LogP contribution is -2.56. The van der Waals surface area contributed by atoms with Gasteiger partial charge in [-0.25, -0.2) is 4.98 Å². The molecule has 3 rings (SSSR count). The predicted molar refractivity (Wildman–Crippen MR) is 67.4 cm³/mol. The molecule has 0 saturated carbocycles. The average Bonchev–Trinajstić information content (AvgIpc) is 2.28. The van der Waals surface area contributed by atoms with Gasteiger partial charge in [0, 0.05) is 32.4 Å². The van der Waals surface area contributed by atoms with E-state index in [0.717, 1.165) is 45.2 Å². The van der Waals surface area contributed by atoms with Crippen LogP contribution in [0.5, 0.6) is 0 Å².